The SMILES string of the molecule is CCOCCOC(C)C(=O)N1CCCC(CNC)C1.Cl. The van der Waals surface area contributed by atoms with E-state index in [1.165, 1.54) is 6.42 Å². The number of piperidine rings is 1. The number of hydrogen-bond acceptors (Lipinski definition) is 4. The number of carbonyl (C=O) groups excluding carboxylic acids is 1. The molecule has 1 rings (SSSR count). The molecule has 2 unspecified atom stereocenters. The van der Waals surface area contributed by atoms with Crippen molar-refractivity contribution in [3.05, 3.63) is 0 Å². The van der Waals surface area contributed by atoms with Gasteiger partial charge in [0.1, 0.15) is 6.10 Å². The lowest BCUT2D eigenvalue weighted by Crippen LogP contribution is -2.46. The van der Waals surface area contributed by atoms with E-state index in [4.69, 9.17) is 9.47 Å². The standard InChI is InChI=1S/C14H28N2O3.ClH/c1-4-18-8-9-19-12(2)14(17)16-7-5-6-13(11-16)10-15-3;/h12-13,15H,4-11H2,1-3H3;1H. The molecular formula is C14H29ClN2O3. The lowest BCUT2D eigenvalue weighted by molar-refractivity contribution is -0.145. The predicted molar refractivity (Wildman–Crippen MR) is 82.4 cm³/mol. The van der Waals surface area contributed by atoms with Crippen LogP contribution in [0.4, 0.5) is 0 Å². The fraction of sp³-hybridized carbons (Fsp3) is 0.929. The molecule has 1 saturated heterocycles. The number of halogens is 1. The molecule has 0 aromatic carbocycles. The highest BCUT2D eigenvalue weighted by Gasteiger charge is 2.26. The molecule has 120 valence electrons. The molecule has 1 aliphatic heterocycles. The van der Waals surface area contributed by atoms with Crippen molar-refractivity contribution in [3.63, 3.8) is 0 Å². The van der Waals surface area contributed by atoms with Crippen molar-refractivity contribution < 1.29 is 14.3 Å². The minimum Gasteiger partial charge on any atom is -0.379 e. The third-order valence-corrected chi connectivity index (χ3v) is 3.47. The Hall–Kier alpha value is -0.360. The number of nitrogens with zero attached hydrogens (tertiary/aromatic N) is 1. The van der Waals surface area contributed by atoms with Crippen molar-refractivity contribution in [1.29, 1.82) is 0 Å². The van der Waals surface area contributed by atoms with Gasteiger partial charge in [0.2, 0.25) is 0 Å². The van der Waals surface area contributed by atoms with E-state index in [0.29, 0.717) is 25.7 Å². The summed E-state index contributed by atoms with van der Waals surface area (Å²) in [5.74, 6) is 0.677. The Labute approximate surface area is 128 Å². The van der Waals surface area contributed by atoms with E-state index in [-0.39, 0.29) is 24.4 Å². The smallest absolute Gasteiger partial charge is 0.251 e. The zero-order valence-corrected chi connectivity index (χ0v) is 13.7. The Morgan fingerprint density at radius 1 is 1.45 bits per heavy atom. The maximum absolute atomic E-state index is 12.3. The Bertz CT molecular complexity index is 265. The molecule has 0 saturated carbocycles. The quantitative estimate of drug-likeness (QED) is 0.687. The van der Waals surface area contributed by atoms with Crippen LogP contribution in [0, 0.1) is 5.92 Å². The first-order valence-electron chi connectivity index (χ1n) is 7.31. The van der Waals surface area contributed by atoms with Crippen LogP contribution in [-0.2, 0) is 14.3 Å². The van der Waals surface area contributed by atoms with Crippen molar-refractivity contribution in [3.8, 4) is 0 Å². The van der Waals surface area contributed by atoms with Crippen LogP contribution in [0.3, 0.4) is 0 Å². The van der Waals surface area contributed by atoms with Gasteiger partial charge >= 0.3 is 0 Å². The maximum Gasteiger partial charge on any atom is 0.251 e. The minimum atomic E-state index is -0.367. The summed E-state index contributed by atoms with van der Waals surface area (Å²) in [4.78, 5) is 14.2. The van der Waals surface area contributed by atoms with Gasteiger partial charge in [0.15, 0.2) is 0 Å². The van der Waals surface area contributed by atoms with Crippen LogP contribution in [-0.4, -0.2) is 63.4 Å². The van der Waals surface area contributed by atoms with Crippen LogP contribution in [0.1, 0.15) is 26.7 Å². The van der Waals surface area contributed by atoms with E-state index >= 15 is 0 Å². The summed E-state index contributed by atoms with van der Waals surface area (Å²) in [7, 11) is 1.96. The van der Waals surface area contributed by atoms with E-state index in [9.17, 15) is 4.79 Å². The van der Waals surface area contributed by atoms with Crippen LogP contribution >= 0.6 is 12.4 Å². The van der Waals surface area contributed by atoms with Crippen molar-refractivity contribution in [2.45, 2.75) is 32.8 Å². The lowest BCUT2D eigenvalue weighted by atomic mass is 9.97. The number of carbonyl (C=O) groups is 1. The summed E-state index contributed by atoms with van der Waals surface area (Å²) in [6.45, 7) is 8.18. The molecule has 0 aromatic rings. The summed E-state index contributed by atoms with van der Waals surface area (Å²) in [6, 6.07) is 0. The fourth-order valence-corrected chi connectivity index (χ4v) is 2.48. The first-order chi connectivity index (χ1) is 9.19. The van der Waals surface area contributed by atoms with Gasteiger partial charge in [-0.1, -0.05) is 0 Å². The largest absolute Gasteiger partial charge is 0.379 e. The van der Waals surface area contributed by atoms with E-state index in [2.05, 4.69) is 5.32 Å². The van der Waals surface area contributed by atoms with E-state index in [0.717, 1.165) is 26.1 Å². The highest BCUT2D eigenvalue weighted by molar-refractivity contribution is 5.85. The van der Waals surface area contributed by atoms with E-state index < -0.39 is 0 Å². The van der Waals surface area contributed by atoms with Gasteiger partial charge in [-0.3, -0.25) is 4.79 Å². The van der Waals surface area contributed by atoms with Gasteiger partial charge in [0, 0.05) is 19.7 Å². The second-order valence-electron chi connectivity index (χ2n) is 5.06. The zero-order valence-electron chi connectivity index (χ0n) is 12.9. The van der Waals surface area contributed by atoms with Crippen molar-refractivity contribution in [2.75, 3.05) is 46.5 Å². The summed E-state index contributed by atoms with van der Waals surface area (Å²) >= 11 is 0. The molecule has 1 aliphatic rings. The third kappa shape index (κ3) is 6.88. The number of hydrogen-bond donors (Lipinski definition) is 1. The molecule has 0 spiro atoms. The first-order valence-corrected chi connectivity index (χ1v) is 7.31. The number of likely N-dealkylation sites (tertiary alicyclic amines) is 1. The maximum atomic E-state index is 12.3. The van der Waals surface area contributed by atoms with Gasteiger partial charge in [0.25, 0.3) is 5.91 Å². The average molecular weight is 309 g/mol. The lowest BCUT2D eigenvalue weighted by Gasteiger charge is -2.34. The number of rotatable bonds is 8. The van der Waals surface area contributed by atoms with Crippen LogP contribution < -0.4 is 5.32 Å². The topological polar surface area (TPSA) is 50.8 Å². The van der Waals surface area contributed by atoms with E-state index in [1.54, 1.807) is 0 Å². The molecule has 0 aromatic heterocycles. The number of amides is 1. The van der Waals surface area contributed by atoms with Gasteiger partial charge < -0.3 is 19.7 Å². The van der Waals surface area contributed by atoms with Crippen molar-refractivity contribution in [1.82, 2.24) is 10.2 Å². The number of nitrogens with one attached hydrogen (secondary N) is 1. The Morgan fingerprint density at radius 2 is 2.20 bits per heavy atom. The molecule has 0 bridgehead atoms. The van der Waals surface area contributed by atoms with Gasteiger partial charge in [-0.2, -0.15) is 0 Å². The molecular weight excluding hydrogens is 280 g/mol. The predicted octanol–water partition coefficient (Wildman–Crippen LogP) is 1.31. The monoisotopic (exact) mass is 308 g/mol. The van der Waals surface area contributed by atoms with Crippen LogP contribution in [0.25, 0.3) is 0 Å². The molecule has 0 aliphatic carbocycles. The normalized spacial score (nSPS) is 20.4. The molecule has 6 heteroatoms. The summed E-state index contributed by atoms with van der Waals surface area (Å²) in [5.41, 5.74) is 0. The van der Waals surface area contributed by atoms with Crippen LogP contribution in [0.2, 0.25) is 0 Å². The highest BCUT2D eigenvalue weighted by atomic mass is 35.5. The van der Waals surface area contributed by atoms with Gasteiger partial charge in [-0.25, -0.2) is 0 Å². The second kappa shape index (κ2) is 11.3. The summed E-state index contributed by atoms with van der Waals surface area (Å²) in [6.07, 6.45) is 1.92. The molecule has 1 N–H and O–H groups in total. The fourth-order valence-electron chi connectivity index (χ4n) is 2.48. The van der Waals surface area contributed by atoms with Crippen LogP contribution in [0.5, 0.6) is 0 Å². The Morgan fingerprint density at radius 3 is 2.85 bits per heavy atom. The Balaban J connectivity index is 0.00000361. The third-order valence-electron chi connectivity index (χ3n) is 3.47. The zero-order chi connectivity index (χ0) is 14.1. The second-order valence-corrected chi connectivity index (χ2v) is 5.06. The van der Waals surface area contributed by atoms with Gasteiger partial charge in [0.05, 0.1) is 13.2 Å². The highest BCUT2D eigenvalue weighted by Crippen LogP contribution is 2.17. The molecule has 20 heavy (non-hydrogen) atoms. The summed E-state index contributed by atoms with van der Waals surface area (Å²) in [5, 5.41) is 3.19. The molecule has 1 amide bonds. The average Bonchev–Trinajstić information content (AvgIpc) is 2.43. The molecule has 5 nitrogen and oxygen atoms in total. The minimum absolute atomic E-state index is 0. The van der Waals surface area contributed by atoms with Gasteiger partial charge in [-0.15, -0.1) is 12.4 Å². The first kappa shape index (κ1) is 19.6. The Kier molecular flexibility index (Phi) is 11.1. The molecule has 1 heterocycles. The number of ether oxygens (including phenoxy) is 2. The van der Waals surface area contributed by atoms with Crippen molar-refractivity contribution >= 4 is 18.3 Å². The summed E-state index contributed by atoms with van der Waals surface area (Å²) < 4.78 is 10.7. The molecule has 2 atom stereocenters. The van der Waals surface area contributed by atoms with E-state index in [1.807, 2.05) is 25.8 Å². The van der Waals surface area contributed by atoms with Crippen LogP contribution in [0.15, 0.2) is 0 Å². The molecule has 1 fully saturated rings. The molecule has 0 radical (unpaired) electrons. The van der Waals surface area contributed by atoms with Crippen molar-refractivity contribution in [2.24, 2.45) is 5.92 Å². The van der Waals surface area contributed by atoms with Gasteiger partial charge in [-0.05, 0) is 46.2 Å².